The van der Waals surface area contributed by atoms with Gasteiger partial charge in [0, 0.05) is 12.6 Å². The number of carbonyl (C=O) groups is 1. The highest BCUT2D eigenvalue weighted by Gasteiger charge is 2.16. The summed E-state index contributed by atoms with van der Waals surface area (Å²) in [5.41, 5.74) is -0.427. The monoisotopic (exact) mass is 216 g/mol. The summed E-state index contributed by atoms with van der Waals surface area (Å²) in [5, 5.41) is 5.90. The lowest BCUT2D eigenvalue weighted by atomic mass is 10.2. The summed E-state index contributed by atoms with van der Waals surface area (Å²) in [6.45, 7) is 8.30. The number of ether oxygens (including phenoxy) is 1. The van der Waals surface area contributed by atoms with Crippen LogP contribution in [0.1, 0.15) is 40.5 Å². The molecule has 0 spiro atoms. The molecule has 0 heterocycles. The zero-order chi connectivity index (χ0) is 11.9. The maximum absolute atomic E-state index is 11.3. The molecule has 0 bridgehead atoms. The Hall–Kier alpha value is -0.770. The molecule has 2 N–H and O–H groups in total. The maximum Gasteiger partial charge on any atom is 0.407 e. The first-order valence-electron chi connectivity index (χ1n) is 5.53. The van der Waals surface area contributed by atoms with Crippen LogP contribution in [0.25, 0.3) is 0 Å². The van der Waals surface area contributed by atoms with Gasteiger partial charge in [-0.05, 0) is 34.2 Å². The van der Waals surface area contributed by atoms with Crippen molar-refractivity contribution in [3.63, 3.8) is 0 Å². The molecular weight excluding hydrogens is 192 g/mol. The van der Waals surface area contributed by atoms with E-state index in [0.717, 1.165) is 12.8 Å². The van der Waals surface area contributed by atoms with Crippen molar-refractivity contribution >= 4 is 6.09 Å². The van der Waals surface area contributed by atoms with Gasteiger partial charge in [0.25, 0.3) is 0 Å². The number of carbonyl (C=O) groups excluding carboxylic acids is 1. The molecule has 0 aliphatic heterocycles. The van der Waals surface area contributed by atoms with Crippen LogP contribution in [0, 0.1) is 0 Å². The van der Waals surface area contributed by atoms with Gasteiger partial charge in [-0.15, -0.1) is 0 Å². The summed E-state index contributed by atoms with van der Waals surface area (Å²) in [6.07, 6.45) is 1.80. The minimum atomic E-state index is -0.427. The average Bonchev–Trinajstić information content (AvgIpc) is 2.09. The Labute approximate surface area is 92.8 Å². The third-order valence-electron chi connectivity index (χ3n) is 1.94. The van der Waals surface area contributed by atoms with Crippen LogP contribution in [0.15, 0.2) is 0 Å². The van der Waals surface area contributed by atoms with Crippen molar-refractivity contribution in [1.82, 2.24) is 10.6 Å². The normalized spacial score (nSPS) is 13.4. The van der Waals surface area contributed by atoms with Gasteiger partial charge in [0.05, 0.1) is 0 Å². The van der Waals surface area contributed by atoms with Gasteiger partial charge in [-0.2, -0.15) is 0 Å². The molecule has 4 heteroatoms. The van der Waals surface area contributed by atoms with Crippen molar-refractivity contribution < 1.29 is 9.53 Å². The molecule has 0 radical (unpaired) electrons. The van der Waals surface area contributed by atoms with E-state index in [1.54, 1.807) is 0 Å². The van der Waals surface area contributed by atoms with Crippen molar-refractivity contribution in [3.8, 4) is 0 Å². The highest BCUT2D eigenvalue weighted by atomic mass is 16.6. The molecule has 15 heavy (non-hydrogen) atoms. The van der Waals surface area contributed by atoms with Gasteiger partial charge in [-0.3, -0.25) is 0 Å². The van der Waals surface area contributed by atoms with Gasteiger partial charge in [0.2, 0.25) is 0 Å². The Bertz CT molecular complexity index is 188. The first kappa shape index (κ1) is 14.2. The van der Waals surface area contributed by atoms with Crippen LogP contribution in [0.2, 0.25) is 0 Å². The van der Waals surface area contributed by atoms with Crippen LogP contribution in [0.4, 0.5) is 4.79 Å². The average molecular weight is 216 g/mol. The zero-order valence-electron chi connectivity index (χ0n) is 10.5. The molecular formula is C11H24N2O2. The predicted octanol–water partition coefficient (Wildman–Crippen LogP) is 1.90. The Morgan fingerprint density at radius 2 is 2.00 bits per heavy atom. The molecule has 4 nitrogen and oxygen atoms in total. The van der Waals surface area contributed by atoms with E-state index < -0.39 is 5.60 Å². The number of hydrogen-bond donors (Lipinski definition) is 2. The second-order valence-corrected chi connectivity index (χ2v) is 4.66. The van der Waals surface area contributed by atoms with Gasteiger partial charge in [-0.25, -0.2) is 4.79 Å². The van der Waals surface area contributed by atoms with Crippen LogP contribution >= 0.6 is 0 Å². The summed E-state index contributed by atoms with van der Waals surface area (Å²) in [7, 11) is 1.90. The largest absolute Gasteiger partial charge is 0.444 e. The minimum Gasteiger partial charge on any atom is -0.444 e. The van der Waals surface area contributed by atoms with Gasteiger partial charge < -0.3 is 15.4 Å². The van der Waals surface area contributed by atoms with Crippen molar-refractivity contribution in [1.29, 1.82) is 0 Å². The SMILES string of the molecule is CCCC(CNC(=O)OC(C)(C)C)NC. The number of nitrogens with one attached hydrogen (secondary N) is 2. The van der Waals surface area contributed by atoms with E-state index in [4.69, 9.17) is 4.74 Å². The van der Waals surface area contributed by atoms with Crippen LogP contribution in [-0.2, 0) is 4.74 Å². The Morgan fingerprint density at radius 1 is 1.40 bits per heavy atom. The fourth-order valence-corrected chi connectivity index (χ4v) is 1.22. The molecule has 0 aromatic carbocycles. The third-order valence-corrected chi connectivity index (χ3v) is 1.94. The van der Waals surface area contributed by atoms with Gasteiger partial charge in [-0.1, -0.05) is 13.3 Å². The second-order valence-electron chi connectivity index (χ2n) is 4.66. The van der Waals surface area contributed by atoms with E-state index in [9.17, 15) is 4.79 Å². The number of rotatable bonds is 5. The molecule has 0 saturated carbocycles. The Kier molecular flexibility index (Phi) is 6.32. The standard InChI is InChI=1S/C11H24N2O2/c1-6-7-9(12-5)8-13-10(14)15-11(2,3)4/h9,12H,6-8H2,1-5H3,(H,13,14). The van der Waals surface area contributed by atoms with E-state index in [1.807, 2.05) is 27.8 Å². The molecule has 0 fully saturated rings. The highest BCUT2D eigenvalue weighted by Crippen LogP contribution is 2.06. The molecule has 0 rings (SSSR count). The molecule has 0 aliphatic rings. The number of amides is 1. The smallest absolute Gasteiger partial charge is 0.407 e. The topological polar surface area (TPSA) is 50.4 Å². The maximum atomic E-state index is 11.3. The van der Waals surface area contributed by atoms with Crippen LogP contribution in [0.5, 0.6) is 0 Å². The molecule has 0 saturated heterocycles. The lowest BCUT2D eigenvalue weighted by Crippen LogP contribution is -2.41. The van der Waals surface area contributed by atoms with Crippen LogP contribution < -0.4 is 10.6 Å². The quantitative estimate of drug-likeness (QED) is 0.738. The van der Waals surface area contributed by atoms with Crippen molar-refractivity contribution in [3.05, 3.63) is 0 Å². The van der Waals surface area contributed by atoms with E-state index in [2.05, 4.69) is 17.6 Å². The predicted molar refractivity (Wildman–Crippen MR) is 62.0 cm³/mol. The summed E-state index contributed by atoms with van der Waals surface area (Å²) in [5.74, 6) is 0. The number of alkyl carbamates (subject to hydrolysis) is 1. The molecule has 0 aromatic heterocycles. The van der Waals surface area contributed by atoms with Gasteiger partial charge in [0.15, 0.2) is 0 Å². The zero-order valence-corrected chi connectivity index (χ0v) is 10.5. The highest BCUT2D eigenvalue weighted by molar-refractivity contribution is 5.67. The fourth-order valence-electron chi connectivity index (χ4n) is 1.22. The molecule has 90 valence electrons. The van der Waals surface area contributed by atoms with Crippen molar-refractivity contribution in [2.24, 2.45) is 0 Å². The molecule has 0 aromatic rings. The lowest BCUT2D eigenvalue weighted by molar-refractivity contribution is 0.0522. The molecule has 1 amide bonds. The molecule has 1 atom stereocenters. The minimum absolute atomic E-state index is 0.322. The third kappa shape index (κ3) is 8.24. The fraction of sp³-hybridized carbons (Fsp3) is 0.909. The van der Waals surface area contributed by atoms with E-state index in [1.165, 1.54) is 0 Å². The van der Waals surface area contributed by atoms with E-state index in [-0.39, 0.29) is 6.09 Å². The summed E-state index contributed by atoms with van der Waals surface area (Å²) < 4.78 is 5.13. The Morgan fingerprint density at radius 3 is 2.40 bits per heavy atom. The van der Waals surface area contributed by atoms with Crippen LogP contribution in [-0.4, -0.2) is 31.3 Å². The Balaban J connectivity index is 3.78. The second kappa shape index (κ2) is 6.67. The molecule has 0 aliphatic carbocycles. The van der Waals surface area contributed by atoms with Gasteiger partial charge >= 0.3 is 6.09 Å². The number of likely N-dealkylation sites (N-methyl/N-ethyl adjacent to an activating group) is 1. The first-order valence-corrected chi connectivity index (χ1v) is 5.53. The van der Waals surface area contributed by atoms with Gasteiger partial charge in [0.1, 0.15) is 5.60 Å². The number of hydrogen-bond acceptors (Lipinski definition) is 3. The van der Waals surface area contributed by atoms with Crippen molar-refractivity contribution in [2.75, 3.05) is 13.6 Å². The summed E-state index contributed by atoms with van der Waals surface area (Å²) >= 11 is 0. The first-order chi connectivity index (χ1) is 6.89. The van der Waals surface area contributed by atoms with Crippen LogP contribution in [0.3, 0.4) is 0 Å². The van der Waals surface area contributed by atoms with Crippen molar-refractivity contribution in [2.45, 2.75) is 52.2 Å². The summed E-state index contributed by atoms with van der Waals surface area (Å²) in [4.78, 5) is 11.3. The lowest BCUT2D eigenvalue weighted by Gasteiger charge is -2.21. The molecule has 1 unspecified atom stereocenters. The summed E-state index contributed by atoms with van der Waals surface area (Å²) in [6, 6.07) is 0.322. The van der Waals surface area contributed by atoms with E-state index >= 15 is 0 Å². The van der Waals surface area contributed by atoms with E-state index in [0.29, 0.717) is 12.6 Å².